The third-order valence-corrected chi connectivity index (χ3v) is 3.01. The number of hydrogen-bond acceptors (Lipinski definition) is 2. The first kappa shape index (κ1) is 12.5. The molecule has 0 atom stereocenters. The molecule has 0 N–H and O–H groups in total. The molecule has 0 aliphatic rings. The number of halogens is 1. The van der Waals surface area contributed by atoms with Crippen molar-refractivity contribution in [2.45, 2.75) is 46.3 Å². The van der Waals surface area contributed by atoms with Gasteiger partial charge in [-0.15, -0.1) is 0 Å². The van der Waals surface area contributed by atoms with Crippen LogP contribution in [0.25, 0.3) is 0 Å². The fourth-order valence-corrected chi connectivity index (χ4v) is 1.65. The predicted octanol–water partition coefficient (Wildman–Crippen LogP) is 2.96. The van der Waals surface area contributed by atoms with Gasteiger partial charge in [-0.1, -0.05) is 11.6 Å². The van der Waals surface area contributed by atoms with Gasteiger partial charge >= 0.3 is 0 Å². The van der Waals surface area contributed by atoms with Crippen molar-refractivity contribution in [1.82, 2.24) is 14.7 Å². The zero-order valence-corrected chi connectivity index (χ0v) is 10.9. The van der Waals surface area contributed by atoms with E-state index in [9.17, 15) is 0 Å². The summed E-state index contributed by atoms with van der Waals surface area (Å²) in [6.45, 7) is 9.34. The quantitative estimate of drug-likeness (QED) is 0.792. The van der Waals surface area contributed by atoms with Gasteiger partial charge < -0.3 is 0 Å². The molecule has 0 amide bonds. The van der Waals surface area contributed by atoms with Gasteiger partial charge in [-0.05, 0) is 34.7 Å². The second-order valence-corrected chi connectivity index (χ2v) is 4.87. The van der Waals surface area contributed by atoms with Crippen molar-refractivity contribution in [2.24, 2.45) is 0 Å². The van der Waals surface area contributed by atoms with E-state index in [4.69, 9.17) is 11.6 Å². The fourth-order valence-electron chi connectivity index (χ4n) is 1.30. The summed E-state index contributed by atoms with van der Waals surface area (Å²) in [5.41, 5.74) is 1.10. The highest BCUT2D eigenvalue weighted by atomic mass is 35.5. The van der Waals surface area contributed by atoms with E-state index >= 15 is 0 Å². The van der Waals surface area contributed by atoms with E-state index in [1.54, 1.807) is 0 Å². The normalized spacial score (nSPS) is 12.1. The van der Waals surface area contributed by atoms with E-state index in [2.05, 4.69) is 44.7 Å². The first-order valence-electron chi connectivity index (χ1n) is 5.35. The minimum Gasteiger partial charge on any atom is -0.300 e. The van der Waals surface area contributed by atoms with Crippen LogP contribution < -0.4 is 0 Å². The third kappa shape index (κ3) is 2.95. The molecule has 1 heterocycles. The molecule has 4 heteroatoms. The van der Waals surface area contributed by atoms with Crippen LogP contribution in [0.15, 0.2) is 6.20 Å². The first-order valence-corrected chi connectivity index (χ1v) is 5.73. The molecule has 0 aromatic carbocycles. The summed E-state index contributed by atoms with van der Waals surface area (Å²) in [4.78, 5) is 2.24. The van der Waals surface area contributed by atoms with Crippen LogP contribution in [0.2, 0.25) is 5.15 Å². The SMILES string of the molecule is CC(C)N(C)Cc1cnn(C(C)C)c1Cl. The molecule has 86 valence electrons. The molecular weight excluding hydrogens is 210 g/mol. The summed E-state index contributed by atoms with van der Waals surface area (Å²) in [6.07, 6.45) is 1.86. The molecule has 0 bridgehead atoms. The van der Waals surface area contributed by atoms with Gasteiger partial charge in [0.05, 0.1) is 6.20 Å². The Balaban J connectivity index is 2.79. The van der Waals surface area contributed by atoms with Crippen LogP contribution in [0.1, 0.15) is 39.3 Å². The summed E-state index contributed by atoms with van der Waals surface area (Å²) >= 11 is 6.24. The average molecular weight is 230 g/mol. The molecular formula is C11H20ClN3. The van der Waals surface area contributed by atoms with Crippen molar-refractivity contribution in [2.75, 3.05) is 7.05 Å². The number of nitrogens with zero attached hydrogens (tertiary/aromatic N) is 3. The number of rotatable bonds is 4. The van der Waals surface area contributed by atoms with Crippen molar-refractivity contribution < 1.29 is 0 Å². The van der Waals surface area contributed by atoms with Crippen LogP contribution in [0, 0.1) is 0 Å². The Morgan fingerprint density at radius 2 is 2.00 bits per heavy atom. The molecule has 0 spiro atoms. The summed E-state index contributed by atoms with van der Waals surface area (Å²) in [6, 6.07) is 0.832. The Kier molecular flexibility index (Phi) is 4.17. The second kappa shape index (κ2) is 4.99. The van der Waals surface area contributed by atoms with Crippen molar-refractivity contribution in [1.29, 1.82) is 0 Å². The molecule has 3 nitrogen and oxygen atoms in total. The van der Waals surface area contributed by atoms with Crippen molar-refractivity contribution in [3.05, 3.63) is 16.9 Å². The Labute approximate surface area is 97.0 Å². The molecule has 15 heavy (non-hydrogen) atoms. The third-order valence-electron chi connectivity index (χ3n) is 2.59. The predicted molar refractivity (Wildman–Crippen MR) is 64.2 cm³/mol. The lowest BCUT2D eigenvalue weighted by Crippen LogP contribution is -2.25. The molecule has 1 aromatic rings. The smallest absolute Gasteiger partial charge is 0.131 e. The van der Waals surface area contributed by atoms with E-state index in [-0.39, 0.29) is 0 Å². The molecule has 0 aliphatic heterocycles. The first-order chi connectivity index (χ1) is 6.93. The van der Waals surface area contributed by atoms with Gasteiger partial charge in [0.2, 0.25) is 0 Å². The van der Waals surface area contributed by atoms with E-state index in [1.807, 2.05) is 10.9 Å². The highest BCUT2D eigenvalue weighted by Gasteiger charge is 2.13. The van der Waals surface area contributed by atoms with Crippen molar-refractivity contribution in [3.8, 4) is 0 Å². The van der Waals surface area contributed by atoms with Crippen molar-refractivity contribution >= 4 is 11.6 Å². The number of aromatic nitrogens is 2. The highest BCUT2D eigenvalue weighted by Crippen LogP contribution is 2.21. The van der Waals surface area contributed by atoms with Crippen LogP contribution in [-0.4, -0.2) is 27.8 Å². The molecule has 0 unspecified atom stereocenters. The van der Waals surface area contributed by atoms with Gasteiger partial charge in [0.25, 0.3) is 0 Å². The van der Waals surface area contributed by atoms with Gasteiger partial charge in [-0.3, -0.25) is 9.58 Å². The summed E-state index contributed by atoms with van der Waals surface area (Å²) < 4.78 is 1.85. The monoisotopic (exact) mass is 229 g/mol. The van der Waals surface area contributed by atoms with Crippen LogP contribution in [-0.2, 0) is 6.54 Å². The second-order valence-electron chi connectivity index (χ2n) is 4.51. The lowest BCUT2D eigenvalue weighted by Gasteiger charge is -2.20. The Morgan fingerprint density at radius 3 is 2.40 bits per heavy atom. The lowest BCUT2D eigenvalue weighted by molar-refractivity contribution is 0.265. The van der Waals surface area contributed by atoms with Gasteiger partial charge in [0.15, 0.2) is 0 Å². The molecule has 0 saturated carbocycles. The minimum absolute atomic E-state index is 0.315. The van der Waals surface area contributed by atoms with Crippen molar-refractivity contribution in [3.63, 3.8) is 0 Å². The maximum absolute atomic E-state index is 6.24. The zero-order chi connectivity index (χ0) is 11.6. The van der Waals surface area contributed by atoms with Gasteiger partial charge in [0, 0.05) is 24.2 Å². The van der Waals surface area contributed by atoms with Crippen LogP contribution in [0.4, 0.5) is 0 Å². The molecule has 1 aromatic heterocycles. The molecule has 0 saturated heterocycles. The average Bonchev–Trinajstić information content (AvgIpc) is 2.48. The topological polar surface area (TPSA) is 21.1 Å². The van der Waals surface area contributed by atoms with E-state index in [1.165, 1.54) is 0 Å². The summed E-state index contributed by atoms with van der Waals surface area (Å²) in [7, 11) is 2.09. The highest BCUT2D eigenvalue weighted by molar-refractivity contribution is 6.30. The standard InChI is InChI=1S/C11H20ClN3/c1-8(2)14(5)7-10-6-13-15(9(3)4)11(10)12/h6,8-9H,7H2,1-5H3. The Morgan fingerprint density at radius 1 is 1.40 bits per heavy atom. The maximum Gasteiger partial charge on any atom is 0.131 e. The van der Waals surface area contributed by atoms with Crippen LogP contribution in [0.3, 0.4) is 0 Å². The molecule has 0 radical (unpaired) electrons. The fraction of sp³-hybridized carbons (Fsp3) is 0.727. The van der Waals surface area contributed by atoms with E-state index in [0.717, 1.165) is 17.3 Å². The van der Waals surface area contributed by atoms with Gasteiger partial charge in [-0.2, -0.15) is 5.10 Å². The van der Waals surface area contributed by atoms with Crippen LogP contribution >= 0.6 is 11.6 Å². The zero-order valence-electron chi connectivity index (χ0n) is 10.2. The summed E-state index contributed by atoms with van der Waals surface area (Å²) in [5.74, 6) is 0. The minimum atomic E-state index is 0.315. The van der Waals surface area contributed by atoms with Gasteiger partial charge in [0.1, 0.15) is 5.15 Å². The molecule has 0 aliphatic carbocycles. The Bertz CT molecular complexity index is 318. The number of hydrogen-bond donors (Lipinski definition) is 0. The van der Waals surface area contributed by atoms with Crippen LogP contribution in [0.5, 0.6) is 0 Å². The molecule has 0 fully saturated rings. The Hall–Kier alpha value is -0.540. The van der Waals surface area contributed by atoms with Gasteiger partial charge in [-0.25, -0.2) is 0 Å². The largest absolute Gasteiger partial charge is 0.300 e. The molecule has 1 rings (SSSR count). The van der Waals surface area contributed by atoms with E-state index < -0.39 is 0 Å². The van der Waals surface area contributed by atoms with E-state index in [0.29, 0.717) is 12.1 Å². The lowest BCUT2D eigenvalue weighted by atomic mass is 10.3. The maximum atomic E-state index is 6.24. The summed E-state index contributed by atoms with van der Waals surface area (Å²) in [5, 5.41) is 5.05.